The van der Waals surface area contributed by atoms with Crippen molar-refractivity contribution in [3.8, 4) is 0 Å². The van der Waals surface area contributed by atoms with Crippen LogP contribution in [0.2, 0.25) is 0 Å². The maximum absolute atomic E-state index is 12.5. The van der Waals surface area contributed by atoms with Crippen molar-refractivity contribution in [3.05, 3.63) is 24.1 Å². The van der Waals surface area contributed by atoms with Crippen LogP contribution in [-0.2, 0) is 11.2 Å². The number of aromatic nitrogens is 5. The summed E-state index contributed by atoms with van der Waals surface area (Å²) in [6.45, 7) is 3.15. The standard InChI is InChI=1S/C15H23N7O2/c1-11-17-14(24-18-11)5-4-6-15(23)21-9-12(20(2)3)13(10-21)22-8-7-16-19-22/h7-8,12-13H,4-6,9-10H2,1-3H3/t12-,13+/m1/s1. The van der Waals surface area contributed by atoms with Crippen molar-refractivity contribution in [1.82, 2.24) is 34.9 Å². The minimum absolute atomic E-state index is 0.130. The van der Waals surface area contributed by atoms with Gasteiger partial charge in [-0.25, -0.2) is 4.68 Å². The highest BCUT2D eigenvalue weighted by atomic mass is 16.5. The Morgan fingerprint density at radius 3 is 2.88 bits per heavy atom. The zero-order valence-corrected chi connectivity index (χ0v) is 14.3. The van der Waals surface area contributed by atoms with E-state index in [9.17, 15) is 4.79 Å². The molecular weight excluding hydrogens is 310 g/mol. The molecule has 2 aromatic rings. The molecule has 1 saturated heterocycles. The lowest BCUT2D eigenvalue weighted by molar-refractivity contribution is -0.130. The van der Waals surface area contributed by atoms with Crippen LogP contribution >= 0.6 is 0 Å². The molecule has 0 unspecified atom stereocenters. The molecule has 2 atom stereocenters. The molecule has 0 saturated carbocycles. The summed E-state index contributed by atoms with van der Waals surface area (Å²) in [5.74, 6) is 1.37. The van der Waals surface area contributed by atoms with Gasteiger partial charge in [0.05, 0.1) is 18.3 Å². The van der Waals surface area contributed by atoms with Gasteiger partial charge in [0.2, 0.25) is 11.8 Å². The summed E-state index contributed by atoms with van der Waals surface area (Å²) in [6, 6.07) is 0.360. The summed E-state index contributed by atoms with van der Waals surface area (Å²) in [5.41, 5.74) is 0. The van der Waals surface area contributed by atoms with E-state index >= 15 is 0 Å². The Bertz CT molecular complexity index is 667. The predicted octanol–water partition coefficient (Wildman–Crippen LogP) is 0.306. The third kappa shape index (κ3) is 3.61. The number of likely N-dealkylation sites (N-methyl/N-ethyl adjacent to an activating group) is 1. The van der Waals surface area contributed by atoms with Gasteiger partial charge in [-0.3, -0.25) is 4.79 Å². The number of likely N-dealkylation sites (tertiary alicyclic amines) is 1. The molecule has 0 N–H and O–H groups in total. The van der Waals surface area contributed by atoms with Gasteiger partial charge in [0, 0.05) is 32.1 Å². The third-order valence-corrected chi connectivity index (χ3v) is 4.41. The van der Waals surface area contributed by atoms with Gasteiger partial charge < -0.3 is 14.3 Å². The Morgan fingerprint density at radius 2 is 2.25 bits per heavy atom. The molecule has 0 radical (unpaired) electrons. The zero-order valence-electron chi connectivity index (χ0n) is 14.3. The molecule has 130 valence electrons. The van der Waals surface area contributed by atoms with E-state index in [0.717, 1.165) is 0 Å². The van der Waals surface area contributed by atoms with Crippen LogP contribution in [0.4, 0.5) is 0 Å². The second-order valence-electron chi connectivity index (χ2n) is 6.37. The highest BCUT2D eigenvalue weighted by Crippen LogP contribution is 2.25. The molecule has 1 fully saturated rings. The van der Waals surface area contributed by atoms with E-state index in [2.05, 4.69) is 25.4 Å². The normalized spacial score (nSPS) is 20.9. The molecule has 0 spiro atoms. The lowest BCUT2D eigenvalue weighted by atomic mass is 10.1. The van der Waals surface area contributed by atoms with Gasteiger partial charge >= 0.3 is 0 Å². The van der Waals surface area contributed by atoms with Crippen molar-refractivity contribution in [3.63, 3.8) is 0 Å². The third-order valence-electron chi connectivity index (χ3n) is 4.41. The maximum Gasteiger partial charge on any atom is 0.226 e. The molecule has 9 heteroatoms. The number of hydrogen-bond acceptors (Lipinski definition) is 7. The minimum atomic E-state index is 0.130. The summed E-state index contributed by atoms with van der Waals surface area (Å²) in [4.78, 5) is 20.7. The van der Waals surface area contributed by atoms with Crippen LogP contribution in [-0.4, -0.2) is 74.1 Å². The fraction of sp³-hybridized carbons (Fsp3) is 0.667. The van der Waals surface area contributed by atoms with Crippen LogP contribution in [0, 0.1) is 6.92 Å². The Balaban J connectivity index is 1.55. The first-order valence-corrected chi connectivity index (χ1v) is 8.14. The van der Waals surface area contributed by atoms with E-state index in [0.29, 0.717) is 44.1 Å². The zero-order chi connectivity index (χ0) is 17.1. The molecular formula is C15H23N7O2. The summed E-state index contributed by atoms with van der Waals surface area (Å²) in [7, 11) is 4.06. The van der Waals surface area contributed by atoms with Crippen LogP contribution in [0.25, 0.3) is 0 Å². The summed E-state index contributed by atoms with van der Waals surface area (Å²) in [6.07, 6.45) is 5.34. The SMILES string of the molecule is Cc1noc(CCCC(=O)N2C[C@@H](N(C)C)[C@@H](n3ccnn3)C2)n1. The average Bonchev–Trinajstić information content (AvgIpc) is 3.26. The first kappa shape index (κ1) is 16.6. The maximum atomic E-state index is 12.5. The largest absolute Gasteiger partial charge is 0.339 e. The minimum Gasteiger partial charge on any atom is -0.339 e. The Kier molecular flexibility index (Phi) is 4.89. The fourth-order valence-corrected chi connectivity index (χ4v) is 3.13. The first-order chi connectivity index (χ1) is 11.5. The molecule has 0 bridgehead atoms. The lowest BCUT2D eigenvalue weighted by Gasteiger charge is -2.24. The van der Waals surface area contributed by atoms with E-state index in [1.807, 2.05) is 29.9 Å². The molecule has 0 aromatic carbocycles. The van der Waals surface area contributed by atoms with Crippen LogP contribution < -0.4 is 0 Å². The van der Waals surface area contributed by atoms with Gasteiger partial charge in [-0.15, -0.1) is 5.10 Å². The van der Waals surface area contributed by atoms with Crippen molar-refractivity contribution in [2.45, 2.75) is 38.3 Å². The van der Waals surface area contributed by atoms with E-state index in [4.69, 9.17) is 4.52 Å². The number of aryl methyl sites for hydroxylation is 2. The number of carbonyl (C=O) groups excluding carboxylic acids is 1. The number of amides is 1. The molecule has 1 aliphatic rings. The van der Waals surface area contributed by atoms with Crippen LogP contribution in [0.1, 0.15) is 30.6 Å². The van der Waals surface area contributed by atoms with Crippen molar-refractivity contribution in [2.24, 2.45) is 0 Å². The Morgan fingerprint density at radius 1 is 1.42 bits per heavy atom. The molecule has 3 rings (SSSR count). The van der Waals surface area contributed by atoms with E-state index in [-0.39, 0.29) is 18.0 Å². The molecule has 24 heavy (non-hydrogen) atoms. The average molecular weight is 333 g/mol. The molecule has 2 aromatic heterocycles. The fourth-order valence-electron chi connectivity index (χ4n) is 3.13. The van der Waals surface area contributed by atoms with E-state index < -0.39 is 0 Å². The molecule has 1 amide bonds. The Hall–Kier alpha value is -2.29. The molecule has 9 nitrogen and oxygen atoms in total. The van der Waals surface area contributed by atoms with E-state index in [1.165, 1.54) is 0 Å². The monoisotopic (exact) mass is 333 g/mol. The van der Waals surface area contributed by atoms with Crippen molar-refractivity contribution in [2.75, 3.05) is 27.2 Å². The van der Waals surface area contributed by atoms with E-state index in [1.54, 1.807) is 13.1 Å². The molecule has 3 heterocycles. The Labute approximate surface area is 140 Å². The van der Waals surface area contributed by atoms with Crippen molar-refractivity contribution in [1.29, 1.82) is 0 Å². The highest BCUT2D eigenvalue weighted by Gasteiger charge is 2.37. The summed E-state index contributed by atoms with van der Waals surface area (Å²) < 4.78 is 6.92. The second kappa shape index (κ2) is 7.08. The summed E-state index contributed by atoms with van der Waals surface area (Å²) in [5, 5.41) is 11.7. The number of carbonyl (C=O) groups is 1. The van der Waals surface area contributed by atoms with Crippen LogP contribution in [0.3, 0.4) is 0 Å². The van der Waals surface area contributed by atoms with Gasteiger partial charge in [0.25, 0.3) is 0 Å². The van der Waals surface area contributed by atoms with Crippen LogP contribution in [0.5, 0.6) is 0 Å². The van der Waals surface area contributed by atoms with Gasteiger partial charge in [-0.2, -0.15) is 4.98 Å². The smallest absolute Gasteiger partial charge is 0.226 e. The molecule has 1 aliphatic heterocycles. The molecule has 0 aliphatic carbocycles. The lowest BCUT2D eigenvalue weighted by Crippen LogP contribution is -2.37. The van der Waals surface area contributed by atoms with Gasteiger partial charge in [0.15, 0.2) is 5.82 Å². The predicted molar refractivity (Wildman–Crippen MR) is 85.1 cm³/mol. The summed E-state index contributed by atoms with van der Waals surface area (Å²) >= 11 is 0. The highest BCUT2D eigenvalue weighted by molar-refractivity contribution is 5.76. The number of nitrogens with zero attached hydrogens (tertiary/aromatic N) is 7. The van der Waals surface area contributed by atoms with Gasteiger partial charge in [0.1, 0.15) is 0 Å². The topological polar surface area (TPSA) is 93.2 Å². The van der Waals surface area contributed by atoms with Crippen molar-refractivity contribution < 1.29 is 9.32 Å². The first-order valence-electron chi connectivity index (χ1n) is 8.14. The van der Waals surface area contributed by atoms with Gasteiger partial charge in [-0.05, 0) is 27.4 Å². The number of rotatable bonds is 6. The van der Waals surface area contributed by atoms with Crippen molar-refractivity contribution >= 4 is 5.91 Å². The second-order valence-corrected chi connectivity index (χ2v) is 6.37. The quantitative estimate of drug-likeness (QED) is 0.751. The van der Waals surface area contributed by atoms with Crippen LogP contribution in [0.15, 0.2) is 16.9 Å². The van der Waals surface area contributed by atoms with Gasteiger partial charge in [-0.1, -0.05) is 10.4 Å². The number of hydrogen-bond donors (Lipinski definition) is 0.